The van der Waals surface area contributed by atoms with E-state index in [1.165, 1.54) is 6.07 Å². The summed E-state index contributed by atoms with van der Waals surface area (Å²) in [6, 6.07) is 6.83. The van der Waals surface area contributed by atoms with Crippen LogP contribution in [0.1, 0.15) is 76.0 Å². The Balaban J connectivity index is 2.67. The average Bonchev–Trinajstić information content (AvgIpc) is 2.56. The molecule has 0 aliphatic rings. The molecule has 6 heteroatoms. The van der Waals surface area contributed by atoms with Gasteiger partial charge in [-0.1, -0.05) is 53.7 Å². The summed E-state index contributed by atoms with van der Waals surface area (Å²) in [5.74, 6) is -1.89. The summed E-state index contributed by atoms with van der Waals surface area (Å²) >= 11 is 0. The highest BCUT2D eigenvalue weighted by Gasteiger charge is 2.27. The molecule has 0 amide bonds. The molecule has 2 rings (SSSR count). The Kier molecular flexibility index (Phi) is 6.30. The van der Waals surface area contributed by atoms with Crippen LogP contribution in [-0.2, 0) is 10.0 Å². The van der Waals surface area contributed by atoms with Gasteiger partial charge in [-0.2, -0.15) is 0 Å². The van der Waals surface area contributed by atoms with E-state index in [0.717, 1.165) is 28.8 Å². The third-order valence-corrected chi connectivity index (χ3v) is 6.03. The van der Waals surface area contributed by atoms with E-state index in [9.17, 15) is 17.2 Å². The molecule has 0 spiro atoms. The highest BCUT2D eigenvalue weighted by Crippen LogP contribution is 2.36. The predicted molar refractivity (Wildman–Crippen MR) is 106 cm³/mol. The van der Waals surface area contributed by atoms with Gasteiger partial charge >= 0.3 is 0 Å². The maximum Gasteiger partial charge on any atom is 0.262 e. The van der Waals surface area contributed by atoms with Crippen molar-refractivity contribution in [3.63, 3.8) is 0 Å². The predicted octanol–water partition coefficient (Wildman–Crippen LogP) is 6.14. The van der Waals surface area contributed by atoms with E-state index >= 15 is 0 Å². The van der Waals surface area contributed by atoms with Crippen LogP contribution in [-0.4, -0.2) is 8.42 Å². The van der Waals surface area contributed by atoms with Crippen molar-refractivity contribution in [3.8, 4) is 0 Å². The van der Waals surface area contributed by atoms with Crippen LogP contribution in [0.5, 0.6) is 0 Å². The van der Waals surface area contributed by atoms with Crippen LogP contribution >= 0.6 is 0 Å². The van der Waals surface area contributed by atoms with Crippen LogP contribution < -0.4 is 4.72 Å². The van der Waals surface area contributed by atoms with Crippen LogP contribution in [0, 0.1) is 11.6 Å². The maximum absolute atomic E-state index is 13.5. The Morgan fingerprint density at radius 3 is 1.70 bits per heavy atom. The molecule has 0 saturated heterocycles. The fourth-order valence-corrected chi connectivity index (χ4v) is 4.71. The van der Waals surface area contributed by atoms with E-state index in [1.807, 2.05) is 39.8 Å². The number of anilines is 1. The lowest BCUT2D eigenvalue weighted by molar-refractivity contribution is 0.509. The first-order valence-electron chi connectivity index (χ1n) is 9.09. The molecular formula is C21H27F2NO2S. The van der Waals surface area contributed by atoms with Crippen molar-refractivity contribution in [1.82, 2.24) is 0 Å². The molecule has 2 aromatic carbocycles. The standard InChI is InChI=1S/C21H27F2NO2S/c1-12(2)15-9-17(13(3)4)21(18(10-15)14(5)6)27(25,26)24-16-7-8-19(22)20(23)11-16/h7-14,24H,1-6H3. The minimum absolute atomic E-state index is 0.00810. The molecule has 27 heavy (non-hydrogen) atoms. The van der Waals surface area contributed by atoms with Gasteiger partial charge in [-0.25, -0.2) is 17.2 Å². The average molecular weight is 396 g/mol. The third kappa shape index (κ3) is 4.67. The SMILES string of the molecule is CC(C)c1cc(C(C)C)c(S(=O)(=O)Nc2ccc(F)c(F)c2)c(C(C)C)c1. The van der Waals surface area contributed by atoms with Crippen LogP contribution in [0.15, 0.2) is 35.2 Å². The Bertz CT molecular complexity index is 906. The molecule has 2 aromatic rings. The molecular weight excluding hydrogens is 368 g/mol. The minimum Gasteiger partial charge on any atom is -0.280 e. The van der Waals surface area contributed by atoms with Crippen molar-refractivity contribution in [2.75, 3.05) is 4.72 Å². The monoisotopic (exact) mass is 395 g/mol. The fraction of sp³-hybridized carbons (Fsp3) is 0.429. The quantitative estimate of drug-likeness (QED) is 0.639. The van der Waals surface area contributed by atoms with Crippen molar-refractivity contribution >= 4 is 15.7 Å². The number of rotatable bonds is 6. The number of nitrogens with one attached hydrogen (secondary N) is 1. The Morgan fingerprint density at radius 1 is 0.778 bits per heavy atom. The van der Waals surface area contributed by atoms with Gasteiger partial charge in [-0.15, -0.1) is 0 Å². The van der Waals surface area contributed by atoms with Crippen molar-refractivity contribution < 1.29 is 17.2 Å². The van der Waals surface area contributed by atoms with Gasteiger partial charge in [0, 0.05) is 6.07 Å². The van der Waals surface area contributed by atoms with Gasteiger partial charge in [-0.05, 0) is 46.6 Å². The molecule has 0 fully saturated rings. The lowest BCUT2D eigenvalue weighted by Crippen LogP contribution is -2.19. The first-order valence-corrected chi connectivity index (χ1v) is 10.6. The zero-order valence-corrected chi connectivity index (χ0v) is 17.4. The van der Waals surface area contributed by atoms with E-state index in [0.29, 0.717) is 0 Å². The minimum atomic E-state index is -3.98. The third-order valence-electron chi connectivity index (χ3n) is 4.52. The second kappa shape index (κ2) is 7.97. The van der Waals surface area contributed by atoms with Crippen molar-refractivity contribution in [2.24, 2.45) is 0 Å². The van der Waals surface area contributed by atoms with E-state index in [4.69, 9.17) is 0 Å². The molecule has 0 atom stereocenters. The number of sulfonamides is 1. The highest BCUT2D eigenvalue weighted by molar-refractivity contribution is 7.92. The Hall–Kier alpha value is -1.95. The summed E-state index contributed by atoms with van der Waals surface area (Å²) in [5, 5.41) is 0. The lowest BCUT2D eigenvalue weighted by atomic mass is 9.89. The molecule has 0 bridgehead atoms. The maximum atomic E-state index is 13.5. The van der Waals surface area contributed by atoms with E-state index < -0.39 is 21.7 Å². The lowest BCUT2D eigenvalue weighted by Gasteiger charge is -2.23. The largest absolute Gasteiger partial charge is 0.280 e. The molecule has 0 radical (unpaired) electrons. The van der Waals surface area contributed by atoms with Crippen LogP contribution in [0.25, 0.3) is 0 Å². The molecule has 0 heterocycles. The van der Waals surface area contributed by atoms with Gasteiger partial charge in [0.15, 0.2) is 11.6 Å². The number of hydrogen-bond donors (Lipinski definition) is 1. The van der Waals surface area contributed by atoms with Crippen molar-refractivity contribution in [3.05, 3.63) is 58.7 Å². The number of halogens is 2. The summed E-state index contributed by atoms with van der Waals surface area (Å²) in [5.41, 5.74) is 2.51. The molecule has 1 N–H and O–H groups in total. The first-order chi connectivity index (χ1) is 12.4. The molecule has 148 valence electrons. The van der Waals surface area contributed by atoms with Gasteiger partial charge in [0.05, 0.1) is 10.6 Å². The second-order valence-corrected chi connectivity index (χ2v) is 9.35. The first kappa shape index (κ1) is 21.4. The summed E-state index contributed by atoms with van der Waals surface area (Å²) in [4.78, 5) is 0.224. The summed E-state index contributed by atoms with van der Waals surface area (Å²) in [6.07, 6.45) is 0. The van der Waals surface area contributed by atoms with Crippen molar-refractivity contribution in [1.29, 1.82) is 0 Å². The molecule has 0 saturated carbocycles. The Morgan fingerprint density at radius 2 is 1.30 bits per heavy atom. The summed E-state index contributed by atoms with van der Waals surface area (Å²) in [7, 11) is -3.98. The Labute approximate surface area is 160 Å². The number of hydrogen-bond acceptors (Lipinski definition) is 2. The van der Waals surface area contributed by atoms with Gasteiger partial charge in [0.25, 0.3) is 10.0 Å². The van der Waals surface area contributed by atoms with E-state index in [-0.39, 0.29) is 28.3 Å². The van der Waals surface area contributed by atoms with Gasteiger partial charge in [0.1, 0.15) is 0 Å². The normalized spacial score (nSPS) is 12.3. The molecule has 3 nitrogen and oxygen atoms in total. The van der Waals surface area contributed by atoms with E-state index in [1.54, 1.807) is 0 Å². The highest BCUT2D eigenvalue weighted by atomic mass is 32.2. The molecule has 0 aromatic heterocycles. The van der Waals surface area contributed by atoms with Crippen LogP contribution in [0.2, 0.25) is 0 Å². The molecule has 0 aliphatic carbocycles. The van der Waals surface area contributed by atoms with Gasteiger partial charge < -0.3 is 0 Å². The van der Waals surface area contributed by atoms with Gasteiger partial charge in [0.2, 0.25) is 0 Å². The topological polar surface area (TPSA) is 46.2 Å². The summed E-state index contributed by atoms with van der Waals surface area (Å²) < 4.78 is 55.5. The zero-order valence-electron chi connectivity index (χ0n) is 16.6. The van der Waals surface area contributed by atoms with Gasteiger partial charge in [-0.3, -0.25) is 4.72 Å². The molecule has 0 aliphatic heterocycles. The fourth-order valence-electron chi connectivity index (χ4n) is 2.97. The zero-order chi connectivity index (χ0) is 20.5. The smallest absolute Gasteiger partial charge is 0.262 e. The van der Waals surface area contributed by atoms with E-state index in [2.05, 4.69) is 18.6 Å². The van der Waals surface area contributed by atoms with Crippen LogP contribution in [0.3, 0.4) is 0 Å². The second-order valence-electron chi connectivity index (χ2n) is 7.73. The van der Waals surface area contributed by atoms with Crippen LogP contribution in [0.4, 0.5) is 14.5 Å². The number of benzene rings is 2. The summed E-state index contributed by atoms with van der Waals surface area (Å²) in [6.45, 7) is 11.9. The molecule has 0 unspecified atom stereocenters. The van der Waals surface area contributed by atoms with Crippen molar-refractivity contribution in [2.45, 2.75) is 64.2 Å².